The Morgan fingerprint density at radius 2 is 0.515 bits per heavy atom. The van der Waals surface area contributed by atoms with E-state index in [-0.39, 0.29) is 25.7 Å². The minimum absolute atomic E-state index is 0.108. The smallest absolute Gasteiger partial charge is 0.462 e. The number of carbonyl (C=O) groups is 4. The molecule has 0 saturated carbocycles. The molecule has 6 atom stereocenters. The first kappa shape index (κ1) is 97.1. The van der Waals surface area contributed by atoms with Crippen LogP contribution >= 0.6 is 15.6 Å². The van der Waals surface area contributed by atoms with Crippen molar-refractivity contribution in [3.8, 4) is 0 Å². The lowest BCUT2D eigenvalue weighted by Crippen LogP contribution is -2.30. The molecule has 3 unspecified atom stereocenters. The van der Waals surface area contributed by atoms with Crippen LogP contribution in [-0.4, -0.2) is 96.7 Å². The van der Waals surface area contributed by atoms with Crippen LogP contribution in [0.1, 0.15) is 420 Å². The predicted molar refractivity (Wildman–Crippen MR) is 405 cm³/mol. The van der Waals surface area contributed by atoms with Gasteiger partial charge in [-0.15, -0.1) is 0 Å². The summed E-state index contributed by atoms with van der Waals surface area (Å²) < 4.78 is 68.7. The van der Waals surface area contributed by atoms with Crippen LogP contribution in [0.4, 0.5) is 0 Å². The summed E-state index contributed by atoms with van der Waals surface area (Å²) in [5.74, 6) is -0.539. The molecular formula is C80H156O17P2. The van der Waals surface area contributed by atoms with Crippen molar-refractivity contribution in [1.29, 1.82) is 0 Å². The van der Waals surface area contributed by atoms with Gasteiger partial charge in [-0.2, -0.15) is 0 Å². The molecule has 0 radical (unpaired) electrons. The molecule has 3 N–H and O–H groups in total. The highest BCUT2D eigenvalue weighted by atomic mass is 31.2. The lowest BCUT2D eigenvalue weighted by molar-refractivity contribution is -0.161. The Hall–Kier alpha value is -1.94. The monoisotopic (exact) mass is 1450 g/mol. The van der Waals surface area contributed by atoms with Gasteiger partial charge in [-0.05, 0) is 37.5 Å². The zero-order valence-electron chi connectivity index (χ0n) is 64.8. The lowest BCUT2D eigenvalue weighted by atomic mass is 9.99. The molecular weight excluding hydrogens is 1290 g/mol. The van der Waals surface area contributed by atoms with Crippen molar-refractivity contribution >= 4 is 39.5 Å². The number of rotatable bonds is 79. The minimum atomic E-state index is -4.96. The molecule has 17 nitrogen and oxygen atoms in total. The summed E-state index contributed by atoms with van der Waals surface area (Å²) in [6, 6.07) is 0. The van der Waals surface area contributed by atoms with Crippen molar-refractivity contribution in [2.75, 3.05) is 39.6 Å². The molecule has 0 fully saturated rings. The van der Waals surface area contributed by atoms with Crippen LogP contribution in [0.2, 0.25) is 0 Å². The molecule has 0 aromatic heterocycles. The fraction of sp³-hybridized carbons (Fsp3) is 0.950. The summed E-state index contributed by atoms with van der Waals surface area (Å²) in [6.07, 6.45) is 60.8. The summed E-state index contributed by atoms with van der Waals surface area (Å²) >= 11 is 0. The topological polar surface area (TPSA) is 237 Å². The maximum absolute atomic E-state index is 13.1. The van der Waals surface area contributed by atoms with Crippen molar-refractivity contribution in [3.05, 3.63) is 0 Å². The Morgan fingerprint density at radius 1 is 0.293 bits per heavy atom. The van der Waals surface area contributed by atoms with E-state index in [9.17, 15) is 43.2 Å². The normalized spacial score (nSPS) is 14.2. The van der Waals surface area contributed by atoms with Gasteiger partial charge in [-0.25, -0.2) is 9.13 Å². The van der Waals surface area contributed by atoms with Crippen molar-refractivity contribution in [1.82, 2.24) is 0 Å². The zero-order chi connectivity index (χ0) is 72.8. The molecule has 99 heavy (non-hydrogen) atoms. The van der Waals surface area contributed by atoms with Crippen LogP contribution in [-0.2, 0) is 65.4 Å². The molecule has 0 aliphatic heterocycles. The second-order valence-electron chi connectivity index (χ2n) is 29.5. The molecule has 0 bridgehead atoms. The zero-order valence-corrected chi connectivity index (χ0v) is 66.6. The lowest BCUT2D eigenvalue weighted by Gasteiger charge is -2.21. The van der Waals surface area contributed by atoms with E-state index in [1.807, 2.05) is 0 Å². The average Bonchev–Trinajstić information content (AvgIpc) is 1.57. The van der Waals surface area contributed by atoms with Gasteiger partial charge in [0, 0.05) is 25.7 Å². The van der Waals surface area contributed by atoms with Crippen LogP contribution < -0.4 is 0 Å². The highest BCUT2D eigenvalue weighted by Crippen LogP contribution is 2.45. The van der Waals surface area contributed by atoms with E-state index in [4.69, 9.17) is 37.0 Å². The van der Waals surface area contributed by atoms with Gasteiger partial charge >= 0.3 is 39.5 Å². The highest BCUT2D eigenvalue weighted by Gasteiger charge is 2.30. The first-order chi connectivity index (χ1) is 47.9. The first-order valence-corrected chi connectivity index (χ1v) is 44.5. The number of aliphatic hydroxyl groups is 1. The van der Waals surface area contributed by atoms with E-state index in [2.05, 4.69) is 41.5 Å². The number of phosphoric acid groups is 2. The van der Waals surface area contributed by atoms with Crippen molar-refractivity contribution in [3.63, 3.8) is 0 Å². The molecule has 0 saturated heterocycles. The molecule has 19 heteroatoms. The number of carbonyl (C=O) groups excluding carboxylic acids is 4. The molecule has 0 aromatic carbocycles. The van der Waals surface area contributed by atoms with Gasteiger partial charge in [0.1, 0.15) is 19.3 Å². The molecule has 0 spiro atoms. The maximum Gasteiger partial charge on any atom is 0.472 e. The van der Waals surface area contributed by atoms with E-state index in [1.54, 1.807) is 0 Å². The number of hydrogen-bond donors (Lipinski definition) is 3. The summed E-state index contributed by atoms with van der Waals surface area (Å²) in [4.78, 5) is 73.0. The summed E-state index contributed by atoms with van der Waals surface area (Å²) in [6.45, 7) is 9.66. The quantitative estimate of drug-likeness (QED) is 0.0222. The van der Waals surface area contributed by atoms with Crippen molar-refractivity contribution in [2.45, 2.75) is 439 Å². The van der Waals surface area contributed by atoms with E-state index in [1.165, 1.54) is 238 Å². The highest BCUT2D eigenvalue weighted by molar-refractivity contribution is 7.47. The number of hydrogen-bond acceptors (Lipinski definition) is 15. The Morgan fingerprint density at radius 3 is 0.768 bits per heavy atom. The van der Waals surface area contributed by atoms with E-state index >= 15 is 0 Å². The molecule has 0 heterocycles. The van der Waals surface area contributed by atoms with Gasteiger partial charge in [0.05, 0.1) is 26.4 Å². The Bertz CT molecular complexity index is 1910. The first-order valence-electron chi connectivity index (χ1n) is 41.5. The van der Waals surface area contributed by atoms with Gasteiger partial charge in [0.25, 0.3) is 0 Å². The second kappa shape index (κ2) is 71.7. The number of phosphoric ester groups is 2. The molecule has 0 aromatic rings. The third kappa shape index (κ3) is 72.8. The Labute approximate surface area is 607 Å². The fourth-order valence-electron chi connectivity index (χ4n) is 12.3. The van der Waals surface area contributed by atoms with Crippen LogP contribution in [0.3, 0.4) is 0 Å². The van der Waals surface area contributed by atoms with Crippen LogP contribution in [0.25, 0.3) is 0 Å². The molecule has 0 rings (SSSR count). The van der Waals surface area contributed by atoms with Gasteiger partial charge in [-0.1, -0.05) is 369 Å². The van der Waals surface area contributed by atoms with Gasteiger partial charge in [-0.3, -0.25) is 37.3 Å². The van der Waals surface area contributed by atoms with Crippen molar-refractivity contribution < 1.29 is 80.2 Å². The predicted octanol–water partition coefficient (Wildman–Crippen LogP) is 23.9. The third-order valence-corrected chi connectivity index (χ3v) is 21.0. The number of aliphatic hydroxyl groups excluding tert-OH is 1. The average molecular weight is 1450 g/mol. The van der Waals surface area contributed by atoms with Gasteiger partial charge < -0.3 is 33.8 Å². The Kier molecular flexibility index (Phi) is 70.3. The van der Waals surface area contributed by atoms with Crippen LogP contribution in [0.5, 0.6) is 0 Å². The number of unbranched alkanes of at least 4 members (excludes halogenated alkanes) is 48. The number of ether oxygens (including phenoxy) is 4. The summed E-state index contributed by atoms with van der Waals surface area (Å²) in [5.41, 5.74) is 0. The molecule has 0 aliphatic carbocycles. The minimum Gasteiger partial charge on any atom is -0.462 e. The second-order valence-corrected chi connectivity index (χ2v) is 32.4. The third-order valence-electron chi connectivity index (χ3n) is 19.1. The maximum atomic E-state index is 13.1. The largest absolute Gasteiger partial charge is 0.472 e. The standard InChI is InChI=1S/C80H156O17P2/c1-7-10-12-14-16-18-20-22-24-25-26-27-29-31-41-47-53-59-65-80(85)97-76(69-91-78(83)63-57-51-45-39-35-33-37-43-49-55-61-73(6)9-3)71-95-99(88,89)93-67-74(81)66-92-98(86,87)94-70-75(68-90-77(82)62-56-50-44-38-34-32-36-42-48-54-60-72(4)5)96-79(84)64-58-52-46-40-30-28-23-21-19-17-15-13-11-8-2/h72-76,81H,7-71H2,1-6H3,(H,86,87)(H,88,89)/t73?,74-,75+,76+/m0/s1. The molecule has 588 valence electrons. The van der Waals surface area contributed by atoms with Crippen LogP contribution in [0, 0.1) is 11.8 Å². The molecule has 0 aliphatic rings. The summed E-state index contributed by atoms with van der Waals surface area (Å²) in [5, 5.41) is 10.6. The van der Waals surface area contributed by atoms with Crippen LogP contribution in [0.15, 0.2) is 0 Å². The SMILES string of the molecule is CCCCCCCCCCCCCCCCCCCCC(=O)O[C@H](COC(=O)CCCCCCCCCCCCC(C)CC)COP(=O)(O)OC[C@@H](O)COP(=O)(O)OC[C@@H](COC(=O)CCCCCCCCCCCCC(C)C)OC(=O)CCCCCCCCCCCCCCCC. The fourth-order valence-corrected chi connectivity index (χ4v) is 13.9. The van der Waals surface area contributed by atoms with E-state index < -0.39 is 97.5 Å². The summed E-state index contributed by atoms with van der Waals surface area (Å²) in [7, 11) is -9.92. The van der Waals surface area contributed by atoms with Gasteiger partial charge in [0.2, 0.25) is 0 Å². The van der Waals surface area contributed by atoms with Gasteiger partial charge in [0.15, 0.2) is 12.2 Å². The Balaban J connectivity index is 5.27. The molecule has 0 amide bonds. The van der Waals surface area contributed by atoms with E-state index in [0.29, 0.717) is 25.7 Å². The van der Waals surface area contributed by atoms with Crippen molar-refractivity contribution in [2.24, 2.45) is 11.8 Å². The van der Waals surface area contributed by atoms with E-state index in [0.717, 1.165) is 102 Å². The number of esters is 4.